The summed E-state index contributed by atoms with van der Waals surface area (Å²) in [4.78, 5) is 25.5. The molecule has 0 aliphatic rings. The maximum Gasteiger partial charge on any atom is 0.268 e. The molecule has 1 amide bonds. The first kappa shape index (κ1) is 65.2. The highest BCUT2D eigenvalue weighted by Crippen LogP contribution is 2.38. The van der Waals surface area contributed by atoms with Crippen LogP contribution in [0.3, 0.4) is 0 Å². The quantitative estimate of drug-likeness (QED) is 0.0272. The molecule has 0 saturated carbocycles. The number of nitrogens with one attached hydrogen (secondary N) is 1. The molecule has 0 aromatic carbocycles. The van der Waals surface area contributed by atoms with Crippen molar-refractivity contribution >= 4 is 13.7 Å². The Morgan fingerprint density at radius 2 is 0.818 bits per heavy atom. The van der Waals surface area contributed by atoms with Crippen LogP contribution in [0.15, 0.2) is 12.2 Å². The summed E-state index contributed by atoms with van der Waals surface area (Å²) in [5.41, 5.74) is 0. The van der Waals surface area contributed by atoms with Gasteiger partial charge in [-0.25, -0.2) is 0 Å². The second-order valence-electron chi connectivity index (χ2n) is 21.4. The molecule has 8 nitrogen and oxygen atoms in total. The Balaban J connectivity index is 4.17. The summed E-state index contributed by atoms with van der Waals surface area (Å²) in [5, 5.41) is 13.9. The summed E-state index contributed by atoms with van der Waals surface area (Å²) < 4.78 is 23.4. The molecule has 0 fully saturated rings. The third-order valence-corrected chi connectivity index (χ3v) is 14.5. The summed E-state index contributed by atoms with van der Waals surface area (Å²) in [7, 11) is 1.28. The van der Waals surface area contributed by atoms with Gasteiger partial charge in [0.2, 0.25) is 5.91 Å². The van der Waals surface area contributed by atoms with Crippen molar-refractivity contribution in [1.82, 2.24) is 5.32 Å². The van der Waals surface area contributed by atoms with E-state index in [1.165, 1.54) is 238 Å². The Morgan fingerprint density at radius 1 is 0.515 bits per heavy atom. The van der Waals surface area contributed by atoms with E-state index in [1.54, 1.807) is 6.08 Å². The molecule has 0 bridgehead atoms. The highest BCUT2D eigenvalue weighted by molar-refractivity contribution is 7.45. The van der Waals surface area contributed by atoms with Gasteiger partial charge in [-0.2, -0.15) is 0 Å². The molecule has 2 N–H and O–H groups in total. The van der Waals surface area contributed by atoms with E-state index in [9.17, 15) is 19.4 Å². The van der Waals surface area contributed by atoms with Crippen LogP contribution in [0.2, 0.25) is 0 Å². The van der Waals surface area contributed by atoms with E-state index >= 15 is 0 Å². The first-order valence-electron chi connectivity index (χ1n) is 29.1. The number of phosphoric acid groups is 1. The monoisotopic (exact) mass is 955 g/mol. The van der Waals surface area contributed by atoms with Gasteiger partial charge in [0.05, 0.1) is 39.9 Å². The van der Waals surface area contributed by atoms with Crippen LogP contribution >= 0.6 is 7.82 Å². The molecule has 0 aliphatic heterocycles. The third kappa shape index (κ3) is 51.1. The smallest absolute Gasteiger partial charge is 0.268 e. The summed E-state index contributed by atoms with van der Waals surface area (Å²) in [6.07, 6.45) is 60.0. The number of unbranched alkanes of at least 4 members (excludes halogenated alkanes) is 41. The van der Waals surface area contributed by atoms with Gasteiger partial charge in [0, 0.05) is 6.42 Å². The molecule has 0 saturated heterocycles. The average Bonchev–Trinajstić information content (AvgIpc) is 3.28. The number of amides is 1. The number of phosphoric ester groups is 1. The normalized spacial score (nSPS) is 14.0. The van der Waals surface area contributed by atoms with E-state index in [2.05, 4.69) is 19.2 Å². The van der Waals surface area contributed by atoms with Crippen LogP contribution in [0.5, 0.6) is 0 Å². The molecule has 3 atom stereocenters. The second kappa shape index (κ2) is 49.2. The molecule has 0 aromatic rings. The lowest BCUT2D eigenvalue weighted by atomic mass is 10.0. The van der Waals surface area contributed by atoms with Crippen molar-refractivity contribution in [3.8, 4) is 0 Å². The fraction of sp³-hybridized carbons (Fsp3) is 0.947. The molecule has 0 aromatic heterocycles. The largest absolute Gasteiger partial charge is 0.756 e. The van der Waals surface area contributed by atoms with Crippen molar-refractivity contribution in [2.75, 3.05) is 40.9 Å². The van der Waals surface area contributed by atoms with Crippen LogP contribution in [0.4, 0.5) is 0 Å². The number of rotatable bonds is 54. The zero-order valence-electron chi connectivity index (χ0n) is 44.9. The summed E-state index contributed by atoms with van der Waals surface area (Å²) in [6.45, 7) is 4.70. The number of carbonyl (C=O) groups excluding carboxylic acids is 1. The van der Waals surface area contributed by atoms with Gasteiger partial charge in [-0.1, -0.05) is 283 Å². The number of allylic oxidation sites excluding steroid dienone is 1. The molecule has 394 valence electrons. The van der Waals surface area contributed by atoms with Gasteiger partial charge >= 0.3 is 0 Å². The molecule has 9 heteroatoms. The predicted molar refractivity (Wildman–Crippen MR) is 284 cm³/mol. The van der Waals surface area contributed by atoms with E-state index in [0.717, 1.165) is 38.5 Å². The van der Waals surface area contributed by atoms with Gasteiger partial charge in [-0.15, -0.1) is 0 Å². The van der Waals surface area contributed by atoms with Crippen LogP contribution in [0.1, 0.15) is 296 Å². The van der Waals surface area contributed by atoms with Crippen LogP contribution in [-0.2, 0) is 18.4 Å². The van der Waals surface area contributed by atoms with Gasteiger partial charge in [0.25, 0.3) is 7.82 Å². The third-order valence-electron chi connectivity index (χ3n) is 13.5. The highest BCUT2D eigenvalue weighted by atomic mass is 31.2. The molecule has 0 radical (unpaired) electrons. The number of nitrogens with zero attached hydrogens (tertiary/aromatic N) is 1. The van der Waals surface area contributed by atoms with Crippen molar-refractivity contribution in [1.29, 1.82) is 0 Å². The van der Waals surface area contributed by atoms with E-state index in [-0.39, 0.29) is 19.1 Å². The standard InChI is InChI=1S/C57H115N2O6P/c1-6-8-10-12-14-16-18-20-22-24-26-28-29-30-31-33-35-37-39-41-43-45-47-49-51-57(61)58-55(54-65-66(62,63)64-53-52-59(3,4)5)56(60)50-48-46-44-42-40-38-36-34-32-27-25-23-21-19-17-15-13-11-9-7-2/h48,50,55-56,60H,6-47,49,51-54H2,1-5H3,(H-,58,61,62,63)/b50-48+. The molecule has 0 spiro atoms. The minimum absolute atomic E-state index is 0.00270. The van der Waals surface area contributed by atoms with Crippen LogP contribution < -0.4 is 10.2 Å². The molecular formula is C57H115N2O6P. The van der Waals surface area contributed by atoms with Crippen molar-refractivity contribution in [3.63, 3.8) is 0 Å². The maximum atomic E-state index is 13.0. The Kier molecular flexibility index (Phi) is 48.7. The van der Waals surface area contributed by atoms with Gasteiger partial charge in [-0.3, -0.25) is 9.36 Å². The SMILES string of the molecule is CCCCCCCCCCCCCCCCCCCC/C=C/C(O)C(COP(=O)([O-])OCC[N+](C)(C)C)NC(=O)CCCCCCCCCCCCCCCCCCCCCCCCCC. The first-order valence-corrected chi connectivity index (χ1v) is 30.5. The van der Waals surface area contributed by atoms with E-state index in [1.807, 2.05) is 27.2 Å². The molecular weight excluding hydrogens is 840 g/mol. The van der Waals surface area contributed by atoms with Gasteiger partial charge < -0.3 is 28.8 Å². The zero-order valence-corrected chi connectivity index (χ0v) is 45.8. The van der Waals surface area contributed by atoms with Crippen LogP contribution in [0, 0.1) is 0 Å². The molecule has 66 heavy (non-hydrogen) atoms. The van der Waals surface area contributed by atoms with Gasteiger partial charge in [-0.05, 0) is 19.3 Å². The zero-order chi connectivity index (χ0) is 48.5. The Labute approximate surface area is 412 Å². The van der Waals surface area contributed by atoms with Crippen molar-refractivity contribution < 1.29 is 32.9 Å². The first-order chi connectivity index (χ1) is 32.0. The molecule has 0 aliphatic carbocycles. The number of hydrogen-bond donors (Lipinski definition) is 2. The van der Waals surface area contributed by atoms with Gasteiger partial charge in [0.15, 0.2) is 0 Å². The Bertz CT molecular complexity index is 1080. The minimum Gasteiger partial charge on any atom is -0.756 e. The second-order valence-corrected chi connectivity index (χ2v) is 22.8. The van der Waals surface area contributed by atoms with Crippen molar-refractivity contribution in [2.24, 2.45) is 0 Å². The molecule has 0 rings (SSSR count). The summed E-state index contributed by atoms with van der Waals surface area (Å²) >= 11 is 0. The van der Waals surface area contributed by atoms with Crippen molar-refractivity contribution in [2.45, 2.75) is 309 Å². The lowest BCUT2D eigenvalue weighted by Crippen LogP contribution is -2.45. The number of hydrogen-bond acceptors (Lipinski definition) is 6. The molecule has 3 unspecified atom stereocenters. The van der Waals surface area contributed by atoms with Gasteiger partial charge in [0.1, 0.15) is 13.2 Å². The lowest BCUT2D eigenvalue weighted by molar-refractivity contribution is -0.870. The summed E-state index contributed by atoms with van der Waals surface area (Å²) in [5.74, 6) is -0.190. The van der Waals surface area contributed by atoms with E-state index in [0.29, 0.717) is 17.4 Å². The predicted octanol–water partition coefficient (Wildman–Crippen LogP) is 16.8. The maximum absolute atomic E-state index is 13.0. The molecule has 0 heterocycles. The lowest BCUT2D eigenvalue weighted by Gasteiger charge is -2.29. The average molecular weight is 956 g/mol. The van der Waals surface area contributed by atoms with E-state index in [4.69, 9.17) is 9.05 Å². The van der Waals surface area contributed by atoms with Crippen LogP contribution in [0.25, 0.3) is 0 Å². The minimum atomic E-state index is -4.59. The fourth-order valence-corrected chi connectivity index (χ4v) is 9.64. The number of likely N-dealkylation sites (N-methyl/N-ethyl adjacent to an activating group) is 1. The topological polar surface area (TPSA) is 108 Å². The van der Waals surface area contributed by atoms with E-state index < -0.39 is 20.0 Å². The summed E-state index contributed by atoms with van der Waals surface area (Å²) in [6, 6.07) is -0.882. The van der Waals surface area contributed by atoms with Crippen molar-refractivity contribution in [3.05, 3.63) is 12.2 Å². The van der Waals surface area contributed by atoms with Crippen LogP contribution in [-0.4, -0.2) is 68.5 Å². The number of aliphatic hydroxyl groups excluding tert-OH is 1. The number of aliphatic hydroxyl groups is 1. The Hall–Kier alpha value is -0.760. The highest BCUT2D eigenvalue weighted by Gasteiger charge is 2.23. The number of quaternary nitrogens is 1. The Morgan fingerprint density at radius 3 is 1.14 bits per heavy atom. The fourth-order valence-electron chi connectivity index (χ4n) is 8.92. The number of carbonyl (C=O) groups is 1.